The molecule has 3 rings (SSSR count). The summed E-state index contributed by atoms with van der Waals surface area (Å²) in [5.41, 5.74) is 1.79. The molecule has 146 valence electrons. The van der Waals surface area contributed by atoms with E-state index >= 15 is 0 Å². The fourth-order valence-electron chi connectivity index (χ4n) is 2.98. The van der Waals surface area contributed by atoms with Crippen LogP contribution in [0.4, 0.5) is 4.39 Å². The van der Waals surface area contributed by atoms with E-state index in [-0.39, 0.29) is 35.5 Å². The van der Waals surface area contributed by atoms with E-state index in [0.29, 0.717) is 22.7 Å². The van der Waals surface area contributed by atoms with Crippen molar-refractivity contribution < 1.29 is 23.5 Å². The van der Waals surface area contributed by atoms with Gasteiger partial charge in [0, 0.05) is 0 Å². The fraction of sp³-hybridized carbons (Fsp3) is 0.250. The van der Waals surface area contributed by atoms with Gasteiger partial charge in [0.05, 0.1) is 29.7 Å². The van der Waals surface area contributed by atoms with Gasteiger partial charge in [-0.3, -0.25) is 4.79 Å². The van der Waals surface area contributed by atoms with E-state index in [4.69, 9.17) is 9.52 Å². The molecule has 28 heavy (non-hydrogen) atoms. The van der Waals surface area contributed by atoms with Crippen LogP contribution in [-0.4, -0.2) is 26.8 Å². The quantitative estimate of drug-likeness (QED) is 0.675. The summed E-state index contributed by atoms with van der Waals surface area (Å²) in [6.07, 6.45) is 1.46. The van der Waals surface area contributed by atoms with Gasteiger partial charge in [-0.2, -0.15) is 5.10 Å². The highest BCUT2D eigenvalue weighted by molar-refractivity contribution is 5.95. The molecule has 7 nitrogen and oxygen atoms in total. The number of carboxylic acids is 1. The van der Waals surface area contributed by atoms with Crippen molar-refractivity contribution in [3.63, 3.8) is 0 Å². The van der Waals surface area contributed by atoms with Gasteiger partial charge in [0.25, 0.3) is 5.91 Å². The van der Waals surface area contributed by atoms with Crippen molar-refractivity contribution in [1.82, 2.24) is 15.1 Å². The lowest BCUT2D eigenvalue weighted by Gasteiger charge is -2.13. The predicted octanol–water partition coefficient (Wildman–Crippen LogP) is 3.66. The maximum Gasteiger partial charge on any atom is 0.339 e. The molecule has 2 heterocycles. The first kappa shape index (κ1) is 19.3. The number of carbonyl (C=O) groups is 2. The molecule has 0 radical (unpaired) electrons. The Morgan fingerprint density at radius 2 is 1.93 bits per heavy atom. The molecule has 8 heteroatoms. The van der Waals surface area contributed by atoms with Crippen molar-refractivity contribution in [2.24, 2.45) is 0 Å². The first-order valence-electron chi connectivity index (χ1n) is 8.72. The molecular formula is C20H20FN3O4. The van der Waals surface area contributed by atoms with Gasteiger partial charge in [-0.15, -0.1) is 0 Å². The van der Waals surface area contributed by atoms with E-state index in [2.05, 4.69) is 10.4 Å². The molecule has 0 spiro atoms. The number of carbonyl (C=O) groups excluding carboxylic acids is 1. The van der Waals surface area contributed by atoms with Gasteiger partial charge in [-0.05, 0) is 43.2 Å². The summed E-state index contributed by atoms with van der Waals surface area (Å²) in [5.74, 6) is -1.18. The van der Waals surface area contributed by atoms with Gasteiger partial charge in [0.15, 0.2) is 0 Å². The lowest BCUT2D eigenvalue weighted by atomic mass is 10.0. The highest BCUT2D eigenvalue weighted by Crippen LogP contribution is 2.23. The van der Waals surface area contributed by atoms with E-state index in [0.717, 1.165) is 0 Å². The third-order valence-corrected chi connectivity index (χ3v) is 4.29. The number of nitrogens with zero attached hydrogens (tertiary/aromatic N) is 2. The van der Waals surface area contributed by atoms with Crippen LogP contribution in [0.15, 0.2) is 40.9 Å². The van der Waals surface area contributed by atoms with Crippen molar-refractivity contribution in [2.45, 2.75) is 33.2 Å². The standard InChI is InChI=1S/C20H20FN3O4/c1-11(2)18-17(10-23-24(18)14-6-4-13(21)5-7-14)19(25)22-9-15-8-16(20(26)27)12(3)28-15/h4-8,10-11H,9H2,1-3H3,(H,22,25)(H,26,27). The van der Waals surface area contributed by atoms with Crippen LogP contribution < -0.4 is 5.32 Å². The Balaban J connectivity index is 1.83. The molecule has 1 aromatic carbocycles. The summed E-state index contributed by atoms with van der Waals surface area (Å²) in [5, 5.41) is 16.1. The Labute approximate surface area is 160 Å². The normalized spacial score (nSPS) is 11.0. The first-order valence-corrected chi connectivity index (χ1v) is 8.72. The maximum absolute atomic E-state index is 13.2. The topological polar surface area (TPSA) is 97.4 Å². The third kappa shape index (κ3) is 3.80. The SMILES string of the molecule is Cc1oc(CNC(=O)c2cnn(-c3ccc(F)cc3)c2C(C)C)cc1C(=O)O. The monoisotopic (exact) mass is 385 g/mol. The molecule has 0 saturated carbocycles. The van der Waals surface area contributed by atoms with Crippen LogP contribution in [0.25, 0.3) is 5.69 Å². The number of aryl methyl sites for hydroxylation is 1. The molecule has 0 saturated heterocycles. The van der Waals surface area contributed by atoms with E-state index in [1.807, 2.05) is 13.8 Å². The van der Waals surface area contributed by atoms with Crippen molar-refractivity contribution in [3.8, 4) is 5.69 Å². The van der Waals surface area contributed by atoms with E-state index < -0.39 is 5.97 Å². The molecule has 0 atom stereocenters. The summed E-state index contributed by atoms with van der Waals surface area (Å²) >= 11 is 0. The highest BCUT2D eigenvalue weighted by Gasteiger charge is 2.21. The fourth-order valence-corrected chi connectivity index (χ4v) is 2.98. The number of nitrogens with one attached hydrogen (secondary N) is 1. The van der Waals surface area contributed by atoms with Crippen LogP contribution in [0, 0.1) is 12.7 Å². The molecule has 0 aliphatic heterocycles. The largest absolute Gasteiger partial charge is 0.478 e. The Hall–Kier alpha value is -3.42. The van der Waals surface area contributed by atoms with Gasteiger partial charge >= 0.3 is 5.97 Å². The number of hydrogen-bond donors (Lipinski definition) is 2. The maximum atomic E-state index is 13.2. The molecule has 3 aromatic rings. The summed E-state index contributed by atoms with van der Waals surface area (Å²) in [4.78, 5) is 23.8. The van der Waals surface area contributed by atoms with Crippen molar-refractivity contribution in [2.75, 3.05) is 0 Å². The average molecular weight is 385 g/mol. The second kappa shape index (κ2) is 7.67. The van der Waals surface area contributed by atoms with E-state index in [1.54, 1.807) is 23.7 Å². The van der Waals surface area contributed by atoms with Crippen molar-refractivity contribution >= 4 is 11.9 Å². The number of rotatable bonds is 6. The zero-order valence-corrected chi connectivity index (χ0v) is 15.7. The number of carboxylic acid groups (broad SMARTS) is 1. The molecule has 0 bridgehead atoms. The number of amides is 1. The molecule has 1 amide bonds. The lowest BCUT2D eigenvalue weighted by molar-refractivity contribution is 0.0694. The zero-order valence-electron chi connectivity index (χ0n) is 15.7. The minimum absolute atomic E-state index is 0.0160. The van der Waals surface area contributed by atoms with Crippen LogP contribution in [0.1, 0.15) is 57.7 Å². The summed E-state index contributed by atoms with van der Waals surface area (Å²) in [6, 6.07) is 7.24. The predicted molar refractivity (Wildman–Crippen MR) is 99.2 cm³/mol. The Morgan fingerprint density at radius 3 is 2.50 bits per heavy atom. The number of hydrogen-bond acceptors (Lipinski definition) is 4. The van der Waals surface area contributed by atoms with Gasteiger partial charge < -0.3 is 14.8 Å². The lowest BCUT2D eigenvalue weighted by Crippen LogP contribution is -2.24. The van der Waals surface area contributed by atoms with Gasteiger partial charge in [-0.1, -0.05) is 13.8 Å². The van der Waals surface area contributed by atoms with Gasteiger partial charge in [0.1, 0.15) is 22.9 Å². The number of aromatic carboxylic acids is 1. The molecule has 0 aliphatic carbocycles. The molecule has 0 fully saturated rings. The molecule has 2 aromatic heterocycles. The number of halogens is 1. The molecular weight excluding hydrogens is 365 g/mol. The Morgan fingerprint density at radius 1 is 1.25 bits per heavy atom. The number of benzene rings is 1. The Bertz CT molecular complexity index is 1020. The van der Waals surface area contributed by atoms with Crippen molar-refractivity contribution in [3.05, 3.63) is 70.7 Å². The minimum Gasteiger partial charge on any atom is -0.478 e. The highest BCUT2D eigenvalue weighted by atomic mass is 19.1. The summed E-state index contributed by atoms with van der Waals surface area (Å²) in [7, 11) is 0. The van der Waals surface area contributed by atoms with Crippen LogP contribution in [0.5, 0.6) is 0 Å². The molecule has 0 aliphatic rings. The third-order valence-electron chi connectivity index (χ3n) is 4.29. The molecule has 2 N–H and O–H groups in total. The van der Waals surface area contributed by atoms with Gasteiger partial charge in [0.2, 0.25) is 0 Å². The summed E-state index contributed by atoms with van der Waals surface area (Å²) < 4.78 is 20.2. The number of furan rings is 1. The van der Waals surface area contributed by atoms with Gasteiger partial charge in [-0.25, -0.2) is 13.9 Å². The minimum atomic E-state index is -1.08. The van der Waals surface area contributed by atoms with Crippen molar-refractivity contribution in [1.29, 1.82) is 0 Å². The second-order valence-corrected chi connectivity index (χ2v) is 6.66. The molecule has 0 unspecified atom stereocenters. The zero-order chi connectivity index (χ0) is 20.4. The average Bonchev–Trinajstić information content (AvgIpc) is 3.24. The van der Waals surface area contributed by atoms with Crippen LogP contribution in [0.2, 0.25) is 0 Å². The van der Waals surface area contributed by atoms with E-state index in [1.165, 1.54) is 24.4 Å². The van der Waals surface area contributed by atoms with Crippen LogP contribution in [-0.2, 0) is 6.54 Å². The number of aromatic nitrogens is 2. The smallest absolute Gasteiger partial charge is 0.339 e. The first-order chi connectivity index (χ1) is 13.3. The summed E-state index contributed by atoms with van der Waals surface area (Å²) in [6.45, 7) is 5.47. The second-order valence-electron chi connectivity index (χ2n) is 6.66. The van der Waals surface area contributed by atoms with Crippen LogP contribution >= 0.6 is 0 Å². The Kier molecular flexibility index (Phi) is 5.30. The van der Waals surface area contributed by atoms with Crippen LogP contribution in [0.3, 0.4) is 0 Å². The van der Waals surface area contributed by atoms with E-state index in [9.17, 15) is 14.0 Å².